The van der Waals surface area contributed by atoms with Crippen LogP contribution in [0, 0.1) is 11.8 Å². The Morgan fingerprint density at radius 2 is 1.97 bits per heavy atom. The lowest BCUT2D eigenvalue weighted by Crippen LogP contribution is -2.48. The molecule has 2 N–H and O–H groups in total. The molecule has 6 heteroatoms. The molecule has 2 saturated heterocycles. The fourth-order valence-corrected chi connectivity index (χ4v) is 4.49. The van der Waals surface area contributed by atoms with E-state index in [9.17, 15) is 9.90 Å². The van der Waals surface area contributed by atoms with E-state index in [0.717, 1.165) is 30.5 Å². The number of esters is 1. The number of aliphatic hydroxyl groups is 1. The third-order valence-corrected chi connectivity index (χ3v) is 6.30. The van der Waals surface area contributed by atoms with Gasteiger partial charge in [0.25, 0.3) is 0 Å². The summed E-state index contributed by atoms with van der Waals surface area (Å²) in [5.74, 6) is 0.326. The molecule has 6 nitrogen and oxygen atoms in total. The van der Waals surface area contributed by atoms with Gasteiger partial charge >= 0.3 is 5.97 Å². The van der Waals surface area contributed by atoms with E-state index in [1.807, 2.05) is 13.0 Å². The van der Waals surface area contributed by atoms with Crippen molar-refractivity contribution in [2.24, 2.45) is 11.8 Å². The molecule has 0 saturated carbocycles. The Morgan fingerprint density at radius 1 is 1.23 bits per heavy atom. The van der Waals surface area contributed by atoms with Crippen LogP contribution < -0.4 is 5.32 Å². The monoisotopic (exact) mass is 435 g/mol. The van der Waals surface area contributed by atoms with Gasteiger partial charge in [-0.05, 0) is 58.3 Å². The molecule has 2 aliphatic heterocycles. The molecule has 2 heterocycles. The summed E-state index contributed by atoms with van der Waals surface area (Å²) < 4.78 is 17.1. The van der Waals surface area contributed by atoms with Crippen LogP contribution in [0.5, 0.6) is 0 Å². The zero-order valence-corrected chi connectivity index (χ0v) is 19.8. The molecule has 0 aliphatic carbocycles. The maximum absolute atomic E-state index is 11.6. The summed E-state index contributed by atoms with van der Waals surface area (Å²) in [4.78, 5) is 11.6. The average molecular weight is 436 g/mol. The smallest absolute Gasteiger partial charge is 0.308 e. The van der Waals surface area contributed by atoms with E-state index in [2.05, 4.69) is 44.8 Å². The van der Waals surface area contributed by atoms with Gasteiger partial charge in [-0.1, -0.05) is 37.3 Å². The molecule has 0 bridgehead atoms. The van der Waals surface area contributed by atoms with Gasteiger partial charge in [-0.15, -0.1) is 0 Å². The minimum absolute atomic E-state index is 0.108. The van der Waals surface area contributed by atoms with Crippen LogP contribution in [0.15, 0.2) is 36.1 Å². The SMILES string of the molecule is C=C(C)NC1CC(C)C(C/C=C(C)/C=C/C2CC(CO)C[C@@H](CC(=O)OC)O2)OC1C. The fourth-order valence-electron chi connectivity index (χ4n) is 4.49. The van der Waals surface area contributed by atoms with Gasteiger partial charge < -0.3 is 24.6 Å². The standard InChI is InChI=1S/C25H41NO5/c1-16(2)26-23-11-18(4)24(30-19(23)5)10-8-17(3)7-9-21-12-20(15-27)13-22(31-21)14-25(28)29-6/h7-9,18-24,26-27H,1,10-15H2,2-6H3/b9-7+,17-8+/t18?,19?,20?,21?,22-,23?,24?/m0/s1. The number of methoxy groups -OCH3 is 1. The molecule has 0 aromatic rings. The van der Waals surface area contributed by atoms with E-state index in [4.69, 9.17) is 14.2 Å². The topological polar surface area (TPSA) is 77.0 Å². The number of hydrogen-bond donors (Lipinski definition) is 2. The maximum Gasteiger partial charge on any atom is 0.308 e. The van der Waals surface area contributed by atoms with E-state index in [1.54, 1.807) is 0 Å². The number of hydrogen-bond acceptors (Lipinski definition) is 6. The number of nitrogens with one attached hydrogen (secondary N) is 1. The normalized spacial score (nSPS) is 34.5. The second-order valence-corrected chi connectivity index (χ2v) is 9.26. The zero-order chi connectivity index (χ0) is 23.0. The molecule has 0 aromatic carbocycles. The van der Waals surface area contributed by atoms with Crippen molar-refractivity contribution >= 4 is 5.97 Å². The lowest BCUT2D eigenvalue weighted by atomic mass is 9.88. The highest BCUT2D eigenvalue weighted by Gasteiger charge is 2.33. The molecule has 2 aliphatic rings. The second-order valence-electron chi connectivity index (χ2n) is 9.26. The first kappa shape index (κ1) is 25.6. The molecule has 2 rings (SSSR count). The Kier molecular flexibility index (Phi) is 10.3. The van der Waals surface area contributed by atoms with Crippen molar-refractivity contribution in [1.29, 1.82) is 0 Å². The maximum atomic E-state index is 11.6. The van der Waals surface area contributed by atoms with Gasteiger partial charge in [0, 0.05) is 12.3 Å². The summed E-state index contributed by atoms with van der Waals surface area (Å²) in [5.41, 5.74) is 2.14. The summed E-state index contributed by atoms with van der Waals surface area (Å²) in [6, 6.07) is 0.314. The average Bonchev–Trinajstić information content (AvgIpc) is 2.72. The van der Waals surface area contributed by atoms with E-state index < -0.39 is 0 Å². The number of carbonyl (C=O) groups is 1. The van der Waals surface area contributed by atoms with Gasteiger partial charge in [-0.2, -0.15) is 0 Å². The predicted octanol–water partition coefficient (Wildman–Crippen LogP) is 3.90. The van der Waals surface area contributed by atoms with Crippen LogP contribution in [0.1, 0.15) is 59.8 Å². The predicted molar refractivity (Wildman–Crippen MR) is 122 cm³/mol. The molecule has 0 aromatic heterocycles. The van der Waals surface area contributed by atoms with Crippen LogP contribution >= 0.6 is 0 Å². The molecular formula is C25H41NO5. The largest absolute Gasteiger partial charge is 0.469 e. The first-order valence-corrected chi connectivity index (χ1v) is 11.5. The van der Waals surface area contributed by atoms with Crippen molar-refractivity contribution in [1.82, 2.24) is 5.32 Å². The van der Waals surface area contributed by atoms with E-state index >= 15 is 0 Å². The highest BCUT2D eigenvalue weighted by molar-refractivity contribution is 5.69. The molecule has 6 unspecified atom stereocenters. The van der Waals surface area contributed by atoms with E-state index in [-0.39, 0.29) is 49.3 Å². The third kappa shape index (κ3) is 8.43. The fraction of sp³-hybridized carbons (Fsp3) is 0.720. The summed E-state index contributed by atoms with van der Waals surface area (Å²) in [7, 11) is 1.38. The molecule has 2 fully saturated rings. The molecule has 31 heavy (non-hydrogen) atoms. The number of ether oxygens (including phenoxy) is 3. The van der Waals surface area contributed by atoms with Gasteiger partial charge in [-0.25, -0.2) is 0 Å². The highest BCUT2D eigenvalue weighted by Crippen LogP contribution is 2.29. The molecule has 0 radical (unpaired) electrons. The number of rotatable bonds is 9. The molecule has 7 atom stereocenters. The molecule has 0 spiro atoms. The zero-order valence-electron chi connectivity index (χ0n) is 19.8. The quantitative estimate of drug-likeness (QED) is 0.422. The van der Waals surface area contributed by atoms with Crippen LogP contribution in [0.3, 0.4) is 0 Å². The van der Waals surface area contributed by atoms with Crippen LogP contribution in [-0.4, -0.2) is 55.3 Å². The first-order chi connectivity index (χ1) is 14.7. The highest BCUT2D eigenvalue weighted by atomic mass is 16.5. The van der Waals surface area contributed by atoms with Gasteiger partial charge in [0.15, 0.2) is 0 Å². The van der Waals surface area contributed by atoms with Crippen molar-refractivity contribution in [3.8, 4) is 0 Å². The number of carbonyl (C=O) groups excluding carboxylic acids is 1. The lowest BCUT2D eigenvalue weighted by Gasteiger charge is -2.39. The van der Waals surface area contributed by atoms with Crippen molar-refractivity contribution < 1.29 is 24.1 Å². The Bertz CT molecular complexity index is 658. The Balaban J connectivity index is 1.89. The summed E-state index contributed by atoms with van der Waals surface area (Å²) in [5, 5.41) is 13.0. The minimum Gasteiger partial charge on any atom is -0.469 e. The van der Waals surface area contributed by atoms with Gasteiger partial charge in [0.2, 0.25) is 0 Å². The van der Waals surface area contributed by atoms with Gasteiger partial charge in [0.05, 0.1) is 44.0 Å². The molecule has 0 amide bonds. The molecular weight excluding hydrogens is 394 g/mol. The Hall–Kier alpha value is -1.63. The Morgan fingerprint density at radius 3 is 2.61 bits per heavy atom. The Labute approximate surface area is 187 Å². The van der Waals surface area contributed by atoms with Crippen molar-refractivity contribution in [2.75, 3.05) is 13.7 Å². The van der Waals surface area contributed by atoms with Crippen molar-refractivity contribution in [3.05, 3.63) is 36.1 Å². The number of aliphatic hydroxyl groups excluding tert-OH is 1. The van der Waals surface area contributed by atoms with Crippen molar-refractivity contribution in [3.63, 3.8) is 0 Å². The molecule has 176 valence electrons. The lowest BCUT2D eigenvalue weighted by molar-refractivity contribution is -0.147. The first-order valence-electron chi connectivity index (χ1n) is 11.5. The van der Waals surface area contributed by atoms with E-state index in [0.29, 0.717) is 18.4 Å². The van der Waals surface area contributed by atoms with Crippen LogP contribution in [0.25, 0.3) is 0 Å². The van der Waals surface area contributed by atoms with Crippen LogP contribution in [0.4, 0.5) is 0 Å². The van der Waals surface area contributed by atoms with E-state index in [1.165, 1.54) is 7.11 Å². The third-order valence-electron chi connectivity index (χ3n) is 6.30. The summed E-state index contributed by atoms with van der Waals surface area (Å²) in [6.45, 7) is 12.5. The van der Waals surface area contributed by atoms with Crippen LogP contribution in [-0.2, 0) is 19.0 Å². The van der Waals surface area contributed by atoms with Gasteiger partial charge in [0.1, 0.15) is 0 Å². The minimum atomic E-state index is -0.279. The summed E-state index contributed by atoms with van der Waals surface area (Å²) in [6.07, 6.45) is 9.97. The second kappa shape index (κ2) is 12.4. The van der Waals surface area contributed by atoms with Crippen molar-refractivity contribution in [2.45, 2.75) is 90.3 Å². The van der Waals surface area contributed by atoms with Crippen LogP contribution in [0.2, 0.25) is 0 Å². The summed E-state index contributed by atoms with van der Waals surface area (Å²) >= 11 is 0. The van der Waals surface area contributed by atoms with Gasteiger partial charge in [-0.3, -0.25) is 4.79 Å². The number of allylic oxidation sites excluding steroid dienone is 3.